The Morgan fingerprint density at radius 1 is 1.39 bits per heavy atom. The summed E-state index contributed by atoms with van der Waals surface area (Å²) in [5.74, 6) is -0.472. The first-order chi connectivity index (χ1) is 8.50. The predicted octanol–water partition coefficient (Wildman–Crippen LogP) is 3.50. The Balaban J connectivity index is 2.47. The molecule has 0 N–H and O–H groups in total. The van der Waals surface area contributed by atoms with E-state index in [1.807, 2.05) is 0 Å². The van der Waals surface area contributed by atoms with Crippen LogP contribution in [-0.4, -0.2) is 9.55 Å². The molecule has 0 spiro atoms. The molecule has 2 rings (SSSR count). The van der Waals surface area contributed by atoms with E-state index in [4.69, 9.17) is 23.2 Å². The summed E-state index contributed by atoms with van der Waals surface area (Å²) < 4.78 is 15.0. The molecule has 1 heterocycles. The van der Waals surface area contributed by atoms with Crippen LogP contribution in [0.15, 0.2) is 33.8 Å². The van der Waals surface area contributed by atoms with Crippen molar-refractivity contribution < 1.29 is 4.39 Å². The zero-order chi connectivity index (χ0) is 13.3. The number of hydrogen-bond donors (Lipinski definition) is 0. The average molecular weight is 352 g/mol. The maximum absolute atomic E-state index is 13.6. The molecule has 0 radical (unpaired) electrons. The first-order valence-corrected chi connectivity index (χ1v) is 6.39. The Morgan fingerprint density at radius 2 is 2.11 bits per heavy atom. The van der Waals surface area contributed by atoms with Gasteiger partial charge in [-0.05, 0) is 28.1 Å². The Morgan fingerprint density at radius 3 is 2.78 bits per heavy atom. The number of hydrogen-bond acceptors (Lipinski definition) is 2. The molecule has 7 heteroatoms. The van der Waals surface area contributed by atoms with Gasteiger partial charge in [0.15, 0.2) is 5.15 Å². The second kappa shape index (κ2) is 5.38. The van der Waals surface area contributed by atoms with Crippen LogP contribution in [0.4, 0.5) is 4.39 Å². The predicted molar refractivity (Wildman–Crippen MR) is 71.7 cm³/mol. The van der Waals surface area contributed by atoms with E-state index >= 15 is 0 Å². The normalized spacial score (nSPS) is 10.7. The average Bonchev–Trinajstić information content (AvgIpc) is 2.34. The van der Waals surface area contributed by atoms with E-state index in [-0.39, 0.29) is 26.8 Å². The van der Waals surface area contributed by atoms with E-state index in [2.05, 4.69) is 20.9 Å². The van der Waals surface area contributed by atoms with E-state index in [9.17, 15) is 9.18 Å². The third-order valence-electron chi connectivity index (χ3n) is 2.33. The maximum atomic E-state index is 13.6. The quantitative estimate of drug-likeness (QED) is 0.776. The number of nitrogens with zero attached hydrogens (tertiary/aromatic N) is 2. The molecule has 3 nitrogen and oxygen atoms in total. The third kappa shape index (κ3) is 2.58. The lowest BCUT2D eigenvalue weighted by atomic mass is 10.2. The lowest BCUT2D eigenvalue weighted by Crippen LogP contribution is -2.22. The van der Waals surface area contributed by atoms with Crippen molar-refractivity contribution in [1.82, 2.24) is 9.55 Å². The minimum atomic E-state index is -0.472. The summed E-state index contributed by atoms with van der Waals surface area (Å²) in [7, 11) is 0. The van der Waals surface area contributed by atoms with Gasteiger partial charge in [-0.3, -0.25) is 9.36 Å². The maximum Gasteiger partial charge on any atom is 0.269 e. The summed E-state index contributed by atoms with van der Waals surface area (Å²) in [6, 6.07) is 4.34. The van der Waals surface area contributed by atoms with Crippen molar-refractivity contribution in [2.75, 3.05) is 0 Å². The van der Waals surface area contributed by atoms with E-state index in [0.29, 0.717) is 0 Å². The van der Waals surface area contributed by atoms with E-state index in [1.165, 1.54) is 23.0 Å². The summed E-state index contributed by atoms with van der Waals surface area (Å²) in [5, 5.41) is 0.323. The van der Waals surface area contributed by atoms with Crippen LogP contribution in [0, 0.1) is 5.82 Å². The Hall–Kier alpha value is -0.910. The zero-order valence-electron chi connectivity index (χ0n) is 8.83. The van der Waals surface area contributed by atoms with Gasteiger partial charge in [0.1, 0.15) is 10.3 Å². The van der Waals surface area contributed by atoms with Crippen LogP contribution in [0.25, 0.3) is 0 Å². The number of rotatable bonds is 2. The summed E-state index contributed by atoms with van der Waals surface area (Å²) in [5.41, 5.74) is -0.161. The van der Waals surface area contributed by atoms with Gasteiger partial charge in [0.05, 0.1) is 12.9 Å². The van der Waals surface area contributed by atoms with Gasteiger partial charge in [0.25, 0.3) is 5.56 Å². The molecule has 18 heavy (non-hydrogen) atoms. The lowest BCUT2D eigenvalue weighted by Gasteiger charge is -2.08. The molecule has 94 valence electrons. The standard InChI is InChI=1S/C11H6BrCl2FN2O/c12-9-10(14)16-5-17(11(9)18)4-6-7(13)2-1-3-8(6)15/h1-3,5H,4H2. The number of aromatic nitrogens is 2. The monoisotopic (exact) mass is 350 g/mol. The van der Waals surface area contributed by atoms with Crippen LogP contribution in [0.5, 0.6) is 0 Å². The molecule has 2 aromatic rings. The summed E-state index contributed by atoms with van der Waals surface area (Å²) in [4.78, 5) is 15.7. The molecule has 0 bridgehead atoms. The van der Waals surface area contributed by atoms with Gasteiger partial charge in [-0.15, -0.1) is 0 Å². The minimum Gasteiger partial charge on any atom is -0.294 e. The summed E-state index contributed by atoms with van der Waals surface area (Å²) >= 11 is 14.6. The van der Waals surface area contributed by atoms with Crippen molar-refractivity contribution in [2.24, 2.45) is 0 Å². The molecule has 0 amide bonds. The van der Waals surface area contributed by atoms with Gasteiger partial charge in [-0.2, -0.15) is 0 Å². The molecule has 0 saturated carbocycles. The van der Waals surface area contributed by atoms with Gasteiger partial charge in [-0.1, -0.05) is 29.3 Å². The fourth-order valence-corrected chi connectivity index (χ4v) is 2.09. The highest BCUT2D eigenvalue weighted by atomic mass is 79.9. The molecular formula is C11H6BrCl2FN2O. The molecule has 0 aliphatic heterocycles. The smallest absolute Gasteiger partial charge is 0.269 e. The van der Waals surface area contributed by atoms with Gasteiger partial charge >= 0.3 is 0 Å². The van der Waals surface area contributed by atoms with Crippen LogP contribution in [0.3, 0.4) is 0 Å². The van der Waals surface area contributed by atoms with Crippen molar-refractivity contribution >= 4 is 39.1 Å². The van der Waals surface area contributed by atoms with Crippen molar-refractivity contribution in [3.8, 4) is 0 Å². The summed E-state index contributed by atoms with van der Waals surface area (Å²) in [6.45, 7) is -0.00684. The van der Waals surface area contributed by atoms with Crippen LogP contribution < -0.4 is 5.56 Å². The SMILES string of the molecule is O=c1c(Br)c(Cl)ncn1Cc1c(F)cccc1Cl. The third-order valence-corrected chi connectivity index (χ3v) is 3.91. The van der Waals surface area contributed by atoms with Crippen LogP contribution in [-0.2, 0) is 6.54 Å². The van der Waals surface area contributed by atoms with Gasteiger partial charge in [0.2, 0.25) is 0 Å². The van der Waals surface area contributed by atoms with E-state index < -0.39 is 11.4 Å². The molecule has 0 fully saturated rings. The van der Waals surface area contributed by atoms with Gasteiger partial charge < -0.3 is 0 Å². The highest BCUT2D eigenvalue weighted by molar-refractivity contribution is 9.10. The number of benzene rings is 1. The molecule has 0 unspecified atom stereocenters. The van der Waals surface area contributed by atoms with Crippen LogP contribution in [0.1, 0.15) is 5.56 Å². The highest BCUT2D eigenvalue weighted by Gasteiger charge is 2.11. The first-order valence-electron chi connectivity index (χ1n) is 4.84. The van der Waals surface area contributed by atoms with Gasteiger partial charge in [-0.25, -0.2) is 9.37 Å². The zero-order valence-corrected chi connectivity index (χ0v) is 11.9. The largest absolute Gasteiger partial charge is 0.294 e. The lowest BCUT2D eigenvalue weighted by molar-refractivity contribution is 0.594. The van der Waals surface area contributed by atoms with Gasteiger partial charge in [0, 0.05) is 10.6 Å². The Bertz CT molecular complexity index is 640. The molecule has 0 aliphatic rings. The second-order valence-corrected chi connectivity index (χ2v) is 5.04. The second-order valence-electron chi connectivity index (χ2n) is 3.48. The molecule has 0 aliphatic carbocycles. The van der Waals surface area contributed by atoms with Crippen molar-refractivity contribution in [2.45, 2.75) is 6.54 Å². The van der Waals surface area contributed by atoms with Crippen LogP contribution >= 0.6 is 39.1 Å². The molecular weight excluding hydrogens is 346 g/mol. The molecule has 0 saturated heterocycles. The van der Waals surface area contributed by atoms with E-state index in [0.717, 1.165) is 0 Å². The van der Waals surface area contributed by atoms with E-state index in [1.54, 1.807) is 6.07 Å². The fraction of sp³-hybridized carbons (Fsp3) is 0.0909. The van der Waals surface area contributed by atoms with Crippen molar-refractivity contribution in [3.05, 3.63) is 60.9 Å². The Kier molecular flexibility index (Phi) is 4.04. The summed E-state index contributed by atoms with van der Waals surface area (Å²) in [6.07, 6.45) is 1.25. The van der Waals surface area contributed by atoms with Crippen molar-refractivity contribution in [1.29, 1.82) is 0 Å². The first kappa shape index (κ1) is 13.5. The molecule has 0 atom stereocenters. The van der Waals surface area contributed by atoms with Crippen molar-refractivity contribution in [3.63, 3.8) is 0 Å². The molecule has 1 aromatic carbocycles. The topological polar surface area (TPSA) is 34.9 Å². The number of halogens is 4. The molecule has 1 aromatic heterocycles. The van der Waals surface area contributed by atoms with Crippen LogP contribution in [0.2, 0.25) is 10.2 Å². The fourth-order valence-electron chi connectivity index (χ4n) is 1.41. The highest BCUT2D eigenvalue weighted by Crippen LogP contribution is 2.20. The Labute approximate surface area is 120 Å². The minimum absolute atomic E-state index is 0.00684.